The van der Waals surface area contributed by atoms with Crippen molar-refractivity contribution in [1.29, 1.82) is 0 Å². The second-order valence-electron chi connectivity index (χ2n) is 5.63. The van der Waals surface area contributed by atoms with Crippen molar-refractivity contribution in [2.45, 2.75) is 45.0 Å². The van der Waals surface area contributed by atoms with Gasteiger partial charge in [0.25, 0.3) is 0 Å². The van der Waals surface area contributed by atoms with Gasteiger partial charge < -0.3 is 10.2 Å². The summed E-state index contributed by atoms with van der Waals surface area (Å²) in [6.45, 7) is 10.5. The van der Waals surface area contributed by atoms with E-state index in [1.807, 2.05) is 6.92 Å². The van der Waals surface area contributed by atoms with Crippen LogP contribution < -0.4 is 5.73 Å². The van der Waals surface area contributed by atoms with Crippen molar-refractivity contribution in [3.05, 3.63) is 23.2 Å². The standard InChI is InChI=1S/C14H24N2OS/c1-11-12(8-13(9-15)17-11)10-16-5-4-14(2,3)18-7-6-16/h8H,4-7,9-10,15H2,1-3H3. The van der Waals surface area contributed by atoms with E-state index < -0.39 is 0 Å². The summed E-state index contributed by atoms with van der Waals surface area (Å²) < 4.78 is 6.04. The molecule has 2 rings (SSSR count). The molecule has 0 radical (unpaired) electrons. The first-order valence-electron chi connectivity index (χ1n) is 6.65. The Morgan fingerprint density at radius 2 is 2.22 bits per heavy atom. The average molecular weight is 268 g/mol. The summed E-state index contributed by atoms with van der Waals surface area (Å²) in [5.41, 5.74) is 6.91. The zero-order chi connectivity index (χ0) is 13.2. The number of rotatable bonds is 3. The topological polar surface area (TPSA) is 42.4 Å². The molecule has 0 spiro atoms. The van der Waals surface area contributed by atoms with E-state index in [2.05, 4.69) is 36.6 Å². The molecular formula is C14H24N2OS. The molecule has 0 unspecified atom stereocenters. The van der Waals surface area contributed by atoms with Crippen LogP contribution in [0, 0.1) is 6.92 Å². The Morgan fingerprint density at radius 1 is 1.44 bits per heavy atom. The molecule has 0 atom stereocenters. The van der Waals surface area contributed by atoms with E-state index in [-0.39, 0.29) is 0 Å². The Hall–Kier alpha value is -0.450. The summed E-state index contributed by atoms with van der Waals surface area (Å²) >= 11 is 2.08. The van der Waals surface area contributed by atoms with Crippen LogP contribution in [0.15, 0.2) is 10.5 Å². The third kappa shape index (κ3) is 3.53. The molecule has 4 heteroatoms. The summed E-state index contributed by atoms with van der Waals surface area (Å²) in [6, 6.07) is 2.11. The Morgan fingerprint density at radius 3 is 2.89 bits per heavy atom. The van der Waals surface area contributed by atoms with Gasteiger partial charge in [-0.2, -0.15) is 11.8 Å². The first-order chi connectivity index (χ1) is 8.50. The highest BCUT2D eigenvalue weighted by Gasteiger charge is 2.24. The molecule has 1 aliphatic rings. The van der Waals surface area contributed by atoms with Gasteiger partial charge in [0.1, 0.15) is 11.5 Å². The molecule has 18 heavy (non-hydrogen) atoms. The second kappa shape index (κ2) is 5.68. The average Bonchev–Trinajstić information content (AvgIpc) is 2.57. The summed E-state index contributed by atoms with van der Waals surface area (Å²) in [6.07, 6.45) is 1.25. The van der Waals surface area contributed by atoms with Gasteiger partial charge in [0.05, 0.1) is 6.54 Å². The molecule has 1 aromatic rings. The van der Waals surface area contributed by atoms with E-state index >= 15 is 0 Å². The van der Waals surface area contributed by atoms with Crippen LogP contribution in [-0.2, 0) is 13.1 Å². The number of hydrogen-bond donors (Lipinski definition) is 1. The largest absolute Gasteiger partial charge is 0.465 e. The smallest absolute Gasteiger partial charge is 0.118 e. The van der Waals surface area contributed by atoms with Crippen molar-refractivity contribution in [1.82, 2.24) is 4.90 Å². The molecule has 1 fully saturated rings. The van der Waals surface area contributed by atoms with Crippen molar-refractivity contribution in [2.24, 2.45) is 5.73 Å². The zero-order valence-electron chi connectivity index (χ0n) is 11.7. The minimum Gasteiger partial charge on any atom is -0.465 e. The summed E-state index contributed by atoms with van der Waals surface area (Å²) in [4.78, 5) is 2.53. The molecule has 1 aromatic heterocycles. The van der Waals surface area contributed by atoms with Crippen molar-refractivity contribution in [3.8, 4) is 0 Å². The maximum absolute atomic E-state index is 5.62. The van der Waals surface area contributed by atoms with Crippen molar-refractivity contribution in [2.75, 3.05) is 18.8 Å². The fraction of sp³-hybridized carbons (Fsp3) is 0.714. The van der Waals surface area contributed by atoms with E-state index in [1.54, 1.807) is 0 Å². The van der Waals surface area contributed by atoms with Crippen LogP contribution in [0.2, 0.25) is 0 Å². The SMILES string of the molecule is Cc1oc(CN)cc1CN1CCSC(C)(C)CC1. The lowest BCUT2D eigenvalue weighted by Crippen LogP contribution is -2.26. The lowest BCUT2D eigenvalue weighted by Gasteiger charge is -2.22. The lowest BCUT2D eigenvalue weighted by atomic mass is 10.1. The molecule has 0 saturated carbocycles. The molecule has 3 nitrogen and oxygen atoms in total. The van der Waals surface area contributed by atoms with Crippen molar-refractivity contribution >= 4 is 11.8 Å². The van der Waals surface area contributed by atoms with Crippen LogP contribution in [0.1, 0.15) is 37.4 Å². The fourth-order valence-corrected chi connectivity index (χ4v) is 3.44. The van der Waals surface area contributed by atoms with Crippen LogP contribution in [0.5, 0.6) is 0 Å². The highest BCUT2D eigenvalue weighted by Crippen LogP contribution is 2.31. The van der Waals surface area contributed by atoms with Crippen molar-refractivity contribution < 1.29 is 4.42 Å². The first kappa shape index (κ1) is 14.0. The summed E-state index contributed by atoms with van der Waals surface area (Å²) in [7, 11) is 0. The number of furan rings is 1. The highest BCUT2D eigenvalue weighted by atomic mass is 32.2. The Balaban J connectivity index is 1.98. The van der Waals surface area contributed by atoms with Gasteiger partial charge in [0.15, 0.2) is 0 Å². The predicted molar refractivity (Wildman–Crippen MR) is 77.8 cm³/mol. The van der Waals surface area contributed by atoms with Gasteiger partial charge in [0, 0.05) is 29.2 Å². The number of thioether (sulfide) groups is 1. The van der Waals surface area contributed by atoms with E-state index in [0.29, 0.717) is 11.3 Å². The number of aryl methyl sites for hydroxylation is 1. The number of nitrogens with zero attached hydrogens (tertiary/aromatic N) is 1. The minimum atomic E-state index is 0.419. The van der Waals surface area contributed by atoms with Crippen LogP contribution >= 0.6 is 11.8 Å². The molecule has 0 aliphatic carbocycles. The summed E-state index contributed by atoms with van der Waals surface area (Å²) in [5, 5.41) is 0. The van der Waals surface area contributed by atoms with E-state index in [1.165, 1.54) is 24.3 Å². The molecule has 2 N–H and O–H groups in total. The van der Waals surface area contributed by atoms with Crippen LogP contribution in [0.25, 0.3) is 0 Å². The molecule has 2 heterocycles. The molecule has 0 aromatic carbocycles. The van der Waals surface area contributed by atoms with Crippen LogP contribution in [0.4, 0.5) is 0 Å². The number of nitrogens with two attached hydrogens (primary N) is 1. The quantitative estimate of drug-likeness (QED) is 0.915. The van der Waals surface area contributed by atoms with E-state index in [0.717, 1.165) is 24.6 Å². The molecule has 1 aliphatic heterocycles. The second-order valence-corrected chi connectivity index (χ2v) is 7.43. The molecule has 0 bridgehead atoms. The zero-order valence-corrected chi connectivity index (χ0v) is 12.5. The maximum Gasteiger partial charge on any atom is 0.118 e. The van der Waals surface area contributed by atoms with Gasteiger partial charge in [-0.15, -0.1) is 0 Å². The Labute approximate surface area is 114 Å². The van der Waals surface area contributed by atoms with E-state index in [9.17, 15) is 0 Å². The maximum atomic E-state index is 5.62. The van der Waals surface area contributed by atoms with E-state index in [4.69, 9.17) is 10.2 Å². The molecular weight excluding hydrogens is 244 g/mol. The first-order valence-corrected chi connectivity index (χ1v) is 7.63. The van der Waals surface area contributed by atoms with Gasteiger partial charge >= 0.3 is 0 Å². The molecule has 102 valence electrons. The Kier molecular flexibility index (Phi) is 4.41. The van der Waals surface area contributed by atoms with Crippen molar-refractivity contribution in [3.63, 3.8) is 0 Å². The van der Waals surface area contributed by atoms with Gasteiger partial charge in [0.2, 0.25) is 0 Å². The fourth-order valence-electron chi connectivity index (χ4n) is 2.31. The van der Waals surface area contributed by atoms with Crippen LogP contribution in [-0.4, -0.2) is 28.5 Å². The van der Waals surface area contributed by atoms with Gasteiger partial charge in [-0.05, 0) is 26.0 Å². The van der Waals surface area contributed by atoms with Crippen LogP contribution in [0.3, 0.4) is 0 Å². The third-order valence-electron chi connectivity index (χ3n) is 3.60. The molecule has 1 saturated heterocycles. The lowest BCUT2D eigenvalue weighted by molar-refractivity contribution is 0.274. The predicted octanol–water partition coefficient (Wildman–Crippen LogP) is 2.76. The monoisotopic (exact) mass is 268 g/mol. The number of hydrogen-bond acceptors (Lipinski definition) is 4. The normalized spacial score (nSPS) is 20.9. The highest BCUT2D eigenvalue weighted by molar-refractivity contribution is 8.00. The molecule has 0 amide bonds. The van der Waals surface area contributed by atoms with Gasteiger partial charge in [-0.3, -0.25) is 4.90 Å². The Bertz CT molecular complexity index is 400. The third-order valence-corrected chi connectivity index (χ3v) is 4.97. The minimum absolute atomic E-state index is 0.419. The van der Waals surface area contributed by atoms with Gasteiger partial charge in [-0.25, -0.2) is 0 Å². The summed E-state index contributed by atoms with van der Waals surface area (Å²) in [5.74, 6) is 3.13. The van der Waals surface area contributed by atoms with Gasteiger partial charge in [-0.1, -0.05) is 13.8 Å².